The van der Waals surface area contributed by atoms with Crippen LogP contribution in [0, 0.1) is 11.8 Å². The molecule has 0 aromatic rings. The molecule has 0 bridgehead atoms. The summed E-state index contributed by atoms with van der Waals surface area (Å²) in [6, 6.07) is -0.481. The lowest BCUT2D eigenvalue weighted by Crippen LogP contribution is -2.24. The van der Waals surface area contributed by atoms with Crippen LogP contribution in [0.25, 0.3) is 0 Å². The van der Waals surface area contributed by atoms with Crippen LogP contribution in [0.5, 0.6) is 0 Å². The van der Waals surface area contributed by atoms with E-state index in [4.69, 9.17) is 0 Å². The summed E-state index contributed by atoms with van der Waals surface area (Å²) in [4.78, 5) is 11.3. The van der Waals surface area contributed by atoms with E-state index in [2.05, 4.69) is 11.8 Å². The zero-order chi connectivity index (χ0) is 9.19. The zero-order valence-electron chi connectivity index (χ0n) is 6.68. The van der Waals surface area contributed by atoms with E-state index in [1.165, 1.54) is 4.90 Å². The van der Waals surface area contributed by atoms with Gasteiger partial charge in [-0.1, -0.05) is 5.92 Å². The number of hydrogen-bond acceptors (Lipinski definition) is 2. The first-order valence-electron chi connectivity index (χ1n) is 3.58. The Balaban J connectivity index is 2.64. The maximum atomic E-state index is 12.7. The van der Waals surface area contributed by atoms with Crippen molar-refractivity contribution in [3.63, 3.8) is 0 Å². The molecule has 0 aromatic carbocycles. The standard InChI is InChI=1S/C8H9F2NO/c1-11-6-8(9,10)5-7(11)3-2-4-12/h4,7H,5-6H2,1H3. The average Bonchev–Trinajstić information content (AvgIpc) is 2.20. The number of rotatable bonds is 0. The molecule has 1 heterocycles. The summed E-state index contributed by atoms with van der Waals surface area (Å²) in [6.07, 6.45) is 0.147. The summed E-state index contributed by atoms with van der Waals surface area (Å²) in [5.41, 5.74) is 0. The van der Waals surface area contributed by atoms with E-state index < -0.39 is 12.0 Å². The Morgan fingerprint density at radius 2 is 2.33 bits per heavy atom. The molecule has 66 valence electrons. The molecule has 0 aromatic heterocycles. The quantitative estimate of drug-likeness (QED) is 0.393. The molecule has 1 atom stereocenters. The molecule has 0 aliphatic carbocycles. The summed E-state index contributed by atoms with van der Waals surface area (Å²) in [5.74, 6) is 1.96. The van der Waals surface area contributed by atoms with Gasteiger partial charge in [-0.05, 0) is 13.0 Å². The summed E-state index contributed by atoms with van der Waals surface area (Å²) in [7, 11) is 1.57. The minimum atomic E-state index is -2.66. The third-order valence-corrected chi connectivity index (χ3v) is 1.81. The molecule has 12 heavy (non-hydrogen) atoms. The minimum absolute atomic E-state index is 0.273. The lowest BCUT2D eigenvalue weighted by atomic mass is 10.2. The van der Waals surface area contributed by atoms with Gasteiger partial charge < -0.3 is 0 Å². The molecule has 0 amide bonds. The zero-order valence-corrected chi connectivity index (χ0v) is 6.68. The summed E-state index contributed by atoms with van der Waals surface area (Å²) >= 11 is 0. The van der Waals surface area contributed by atoms with Crippen LogP contribution in [0.4, 0.5) is 8.78 Å². The summed E-state index contributed by atoms with van der Waals surface area (Å²) in [6.45, 7) is -0.273. The van der Waals surface area contributed by atoms with Gasteiger partial charge in [-0.3, -0.25) is 9.69 Å². The van der Waals surface area contributed by atoms with Crippen molar-refractivity contribution in [2.24, 2.45) is 0 Å². The Bertz CT molecular complexity index is 241. The van der Waals surface area contributed by atoms with Crippen molar-refractivity contribution in [3.8, 4) is 11.8 Å². The highest BCUT2D eigenvalue weighted by Crippen LogP contribution is 2.30. The van der Waals surface area contributed by atoms with Crippen LogP contribution in [0.2, 0.25) is 0 Å². The molecular formula is C8H9F2NO. The second kappa shape index (κ2) is 3.20. The van der Waals surface area contributed by atoms with Crippen LogP contribution >= 0.6 is 0 Å². The molecule has 1 aliphatic heterocycles. The highest BCUT2D eigenvalue weighted by Gasteiger charge is 2.42. The number of likely N-dealkylation sites (tertiary alicyclic amines) is 1. The number of nitrogens with zero attached hydrogens (tertiary/aromatic N) is 1. The van der Waals surface area contributed by atoms with Gasteiger partial charge in [0.05, 0.1) is 12.6 Å². The van der Waals surface area contributed by atoms with Crippen molar-refractivity contribution in [3.05, 3.63) is 0 Å². The first kappa shape index (κ1) is 9.14. The molecule has 4 heteroatoms. The fourth-order valence-electron chi connectivity index (χ4n) is 1.27. The number of carbonyl (C=O) groups excluding carboxylic acids is 1. The number of hydrogen-bond donors (Lipinski definition) is 0. The first-order valence-corrected chi connectivity index (χ1v) is 3.58. The van der Waals surface area contributed by atoms with E-state index in [1.54, 1.807) is 7.05 Å². The van der Waals surface area contributed by atoms with E-state index >= 15 is 0 Å². The maximum absolute atomic E-state index is 12.7. The molecule has 1 saturated heterocycles. The average molecular weight is 173 g/mol. The molecule has 1 unspecified atom stereocenters. The van der Waals surface area contributed by atoms with Crippen molar-refractivity contribution in [2.45, 2.75) is 18.4 Å². The maximum Gasteiger partial charge on any atom is 0.263 e. The highest BCUT2D eigenvalue weighted by molar-refractivity contribution is 5.72. The SMILES string of the molecule is CN1CC(F)(F)CC1C#CC=O. The van der Waals surface area contributed by atoms with Crippen molar-refractivity contribution in [1.82, 2.24) is 4.90 Å². The van der Waals surface area contributed by atoms with Gasteiger partial charge in [0.2, 0.25) is 0 Å². The van der Waals surface area contributed by atoms with Gasteiger partial charge in [0, 0.05) is 6.42 Å². The third-order valence-electron chi connectivity index (χ3n) is 1.81. The molecule has 1 aliphatic rings. The van der Waals surface area contributed by atoms with E-state index in [0.29, 0.717) is 6.29 Å². The van der Waals surface area contributed by atoms with E-state index in [1.807, 2.05) is 0 Å². The van der Waals surface area contributed by atoms with Gasteiger partial charge in [0.1, 0.15) is 0 Å². The van der Waals surface area contributed by atoms with E-state index in [0.717, 1.165) is 0 Å². The lowest BCUT2D eigenvalue weighted by Gasteiger charge is -2.10. The molecule has 0 saturated carbocycles. The van der Waals surface area contributed by atoms with Crippen LogP contribution < -0.4 is 0 Å². The largest absolute Gasteiger partial charge is 0.289 e. The van der Waals surface area contributed by atoms with Gasteiger partial charge >= 0.3 is 0 Å². The Morgan fingerprint density at radius 1 is 1.67 bits per heavy atom. The van der Waals surface area contributed by atoms with Crippen molar-refractivity contribution < 1.29 is 13.6 Å². The van der Waals surface area contributed by atoms with Crippen molar-refractivity contribution >= 4 is 6.29 Å². The topological polar surface area (TPSA) is 20.3 Å². The Labute approximate surface area is 69.5 Å². The van der Waals surface area contributed by atoms with Gasteiger partial charge in [-0.15, -0.1) is 0 Å². The van der Waals surface area contributed by atoms with Crippen LogP contribution in [0.15, 0.2) is 0 Å². The minimum Gasteiger partial charge on any atom is -0.289 e. The van der Waals surface area contributed by atoms with Gasteiger partial charge in [-0.25, -0.2) is 8.78 Å². The van der Waals surface area contributed by atoms with Gasteiger partial charge in [-0.2, -0.15) is 0 Å². The number of carbonyl (C=O) groups is 1. The Hall–Kier alpha value is -0.950. The summed E-state index contributed by atoms with van der Waals surface area (Å²) in [5, 5.41) is 0. The number of halogens is 2. The van der Waals surface area contributed by atoms with Gasteiger partial charge in [0.25, 0.3) is 5.92 Å². The fourth-order valence-corrected chi connectivity index (χ4v) is 1.27. The predicted octanol–water partition coefficient (Wildman–Crippen LogP) is 0.528. The van der Waals surface area contributed by atoms with Crippen LogP contribution in [0.1, 0.15) is 6.42 Å². The second-order valence-electron chi connectivity index (χ2n) is 2.90. The monoisotopic (exact) mass is 173 g/mol. The Morgan fingerprint density at radius 3 is 2.75 bits per heavy atom. The number of aldehydes is 1. The predicted molar refractivity (Wildman–Crippen MR) is 39.8 cm³/mol. The van der Waals surface area contributed by atoms with Crippen LogP contribution in [-0.2, 0) is 4.79 Å². The van der Waals surface area contributed by atoms with Crippen molar-refractivity contribution in [1.29, 1.82) is 0 Å². The molecule has 0 N–H and O–H groups in total. The number of alkyl halides is 2. The highest BCUT2D eigenvalue weighted by atomic mass is 19.3. The second-order valence-corrected chi connectivity index (χ2v) is 2.90. The van der Waals surface area contributed by atoms with E-state index in [9.17, 15) is 13.6 Å². The molecular weight excluding hydrogens is 164 g/mol. The molecule has 2 nitrogen and oxygen atoms in total. The normalized spacial score (nSPS) is 27.8. The van der Waals surface area contributed by atoms with Crippen LogP contribution in [0.3, 0.4) is 0 Å². The molecule has 1 rings (SSSR count). The summed E-state index contributed by atoms with van der Waals surface area (Å²) < 4.78 is 25.3. The smallest absolute Gasteiger partial charge is 0.263 e. The third kappa shape index (κ3) is 2.02. The first-order chi connectivity index (χ1) is 5.55. The molecule has 1 fully saturated rings. The van der Waals surface area contributed by atoms with E-state index in [-0.39, 0.29) is 13.0 Å². The fraction of sp³-hybridized carbons (Fsp3) is 0.625. The lowest BCUT2D eigenvalue weighted by molar-refractivity contribution is -0.103. The molecule has 0 radical (unpaired) electrons. The molecule has 0 spiro atoms. The Kier molecular flexibility index (Phi) is 2.43. The van der Waals surface area contributed by atoms with Crippen LogP contribution in [-0.4, -0.2) is 36.7 Å². The van der Waals surface area contributed by atoms with Gasteiger partial charge in [0.15, 0.2) is 6.29 Å². The van der Waals surface area contributed by atoms with Crippen molar-refractivity contribution in [2.75, 3.05) is 13.6 Å².